The summed E-state index contributed by atoms with van der Waals surface area (Å²) in [6.45, 7) is 0.646. The van der Waals surface area contributed by atoms with Gasteiger partial charge in [-0.15, -0.1) is 0 Å². The van der Waals surface area contributed by atoms with Gasteiger partial charge in [0.25, 0.3) is 0 Å². The van der Waals surface area contributed by atoms with Crippen molar-refractivity contribution in [3.8, 4) is 11.8 Å². The van der Waals surface area contributed by atoms with Gasteiger partial charge in [0.15, 0.2) is 9.84 Å². The summed E-state index contributed by atoms with van der Waals surface area (Å²) in [4.78, 5) is 4.47. The van der Waals surface area contributed by atoms with Gasteiger partial charge in [-0.2, -0.15) is 0 Å². The lowest BCUT2D eigenvalue weighted by Gasteiger charge is -2.09. The molecule has 0 amide bonds. The Morgan fingerprint density at radius 2 is 1.84 bits per heavy atom. The van der Waals surface area contributed by atoms with Crippen molar-refractivity contribution in [3.63, 3.8) is 0 Å². The number of allylic oxidation sites excluding steroid dienone is 1. The molecule has 0 N–H and O–H groups in total. The Hall–Kier alpha value is -2.00. The van der Waals surface area contributed by atoms with Crippen LogP contribution in [0.15, 0.2) is 57.2 Å². The smallest absolute Gasteiger partial charge is 0.175 e. The molecule has 0 saturated heterocycles. The van der Waals surface area contributed by atoms with Gasteiger partial charge in [0, 0.05) is 27.2 Å². The first kappa shape index (κ1) is 17.8. The summed E-state index contributed by atoms with van der Waals surface area (Å²) in [6.07, 6.45) is 3.28. The van der Waals surface area contributed by atoms with E-state index in [2.05, 4.69) is 24.0 Å². The normalized spacial score (nSPS) is 13.2. The molecule has 0 unspecified atom stereocenters. The van der Waals surface area contributed by atoms with Gasteiger partial charge in [0.1, 0.15) is 0 Å². The van der Waals surface area contributed by atoms with Crippen molar-refractivity contribution in [2.24, 2.45) is 0 Å². The molecular weight excluding hydrogens is 350 g/mol. The standard InChI is InChI=1S/C20H19NO2S2/c1-21(2)12-6-8-15-13-16-7-4-5-9-19(16)24-20-11-10-17(14-18(15)20)25(3,22)23/h4-5,7,9-11,13-14H,12H2,1-3H3. The topological polar surface area (TPSA) is 37.4 Å². The van der Waals surface area contributed by atoms with Gasteiger partial charge >= 0.3 is 0 Å². The van der Waals surface area contributed by atoms with Crippen molar-refractivity contribution in [1.29, 1.82) is 0 Å². The fourth-order valence-corrected chi connectivity index (χ4v) is 4.17. The van der Waals surface area contributed by atoms with Crippen LogP contribution in [0.1, 0.15) is 11.1 Å². The molecule has 128 valence electrons. The van der Waals surface area contributed by atoms with E-state index in [1.807, 2.05) is 43.3 Å². The van der Waals surface area contributed by atoms with E-state index in [0.29, 0.717) is 11.4 Å². The molecule has 0 spiro atoms. The van der Waals surface area contributed by atoms with Crippen molar-refractivity contribution < 1.29 is 8.42 Å². The van der Waals surface area contributed by atoms with E-state index in [4.69, 9.17) is 0 Å². The molecule has 1 heterocycles. The number of benzene rings is 2. The van der Waals surface area contributed by atoms with E-state index in [0.717, 1.165) is 26.5 Å². The molecule has 1 aliphatic rings. The van der Waals surface area contributed by atoms with Crippen LogP contribution in [0.3, 0.4) is 0 Å². The van der Waals surface area contributed by atoms with Crippen LogP contribution >= 0.6 is 11.8 Å². The Morgan fingerprint density at radius 1 is 1.08 bits per heavy atom. The zero-order valence-corrected chi connectivity index (χ0v) is 16.0. The maximum atomic E-state index is 12.0. The van der Waals surface area contributed by atoms with Crippen molar-refractivity contribution in [3.05, 3.63) is 53.6 Å². The number of hydrogen-bond donors (Lipinski definition) is 0. The largest absolute Gasteiger partial charge is 0.299 e. The number of rotatable bonds is 2. The summed E-state index contributed by atoms with van der Waals surface area (Å²) < 4.78 is 23.9. The Labute approximate surface area is 153 Å². The molecule has 0 radical (unpaired) electrons. The minimum Gasteiger partial charge on any atom is -0.299 e. The maximum Gasteiger partial charge on any atom is 0.175 e. The fourth-order valence-electron chi connectivity index (χ4n) is 2.48. The van der Waals surface area contributed by atoms with Gasteiger partial charge in [-0.05, 0) is 50.0 Å². The van der Waals surface area contributed by atoms with Gasteiger partial charge in [0.05, 0.1) is 11.4 Å². The quantitative estimate of drug-likeness (QED) is 0.757. The summed E-state index contributed by atoms with van der Waals surface area (Å²) in [5.41, 5.74) is 2.81. The van der Waals surface area contributed by atoms with E-state index < -0.39 is 9.84 Å². The highest BCUT2D eigenvalue weighted by atomic mass is 32.2. The van der Waals surface area contributed by atoms with Crippen LogP contribution in [0, 0.1) is 11.8 Å². The molecule has 0 saturated carbocycles. The molecule has 3 rings (SSSR count). The Morgan fingerprint density at radius 3 is 2.56 bits per heavy atom. The predicted octanol–water partition coefficient (Wildman–Crippen LogP) is 3.66. The highest BCUT2D eigenvalue weighted by molar-refractivity contribution is 7.99. The summed E-state index contributed by atoms with van der Waals surface area (Å²) in [6, 6.07) is 13.4. The minimum atomic E-state index is -3.27. The molecule has 5 heteroatoms. The molecule has 2 aromatic carbocycles. The van der Waals surface area contributed by atoms with E-state index in [-0.39, 0.29) is 0 Å². The Kier molecular flexibility index (Phi) is 5.05. The van der Waals surface area contributed by atoms with Crippen LogP contribution in [0.25, 0.3) is 11.6 Å². The third-order valence-electron chi connectivity index (χ3n) is 3.73. The lowest BCUT2D eigenvalue weighted by atomic mass is 10.0. The van der Waals surface area contributed by atoms with Crippen molar-refractivity contribution in [1.82, 2.24) is 4.90 Å². The lowest BCUT2D eigenvalue weighted by Crippen LogP contribution is -2.10. The molecule has 2 aromatic rings. The van der Waals surface area contributed by atoms with Gasteiger partial charge in [-0.3, -0.25) is 4.90 Å². The molecular formula is C20H19NO2S2. The summed E-state index contributed by atoms with van der Waals surface area (Å²) in [5, 5.41) is 0. The van der Waals surface area contributed by atoms with E-state index in [1.165, 1.54) is 6.26 Å². The van der Waals surface area contributed by atoms with Crippen molar-refractivity contribution >= 4 is 33.2 Å². The molecule has 0 fully saturated rings. The zero-order valence-electron chi connectivity index (χ0n) is 14.4. The summed E-state index contributed by atoms with van der Waals surface area (Å²) in [7, 11) is 0.673. The highest BCUT2D eigenvalue weighted by Crippen LogP contribution is 2.41. The number of fused-ring (bicyclic) bond motifs is 2. The maximum absolute atomic E-state index is 12.0. The summed E-state index contributed by atoms with van der Waals surface area (Å²) in [5.74, 6) is 6.39. The van der Waals surface area contributed by atoms with Gasteiger partial charge in [-0.25, -0.2) is 8.42 Å². The highest BCUT2D eigenvalue weighted by Gasteiger charge is 2.18. The first-order valence-electron chi connectivity index (χ1n) is 7.81. The van der Waals surface area contributed by atoms with E-state index in [1.54, 1.807) is 23.9 Å². The Balaban J connectivity index is 2.19. The fraction of sp³-hybridized carbons (Fsp3) is 0.200. The third kappa shape index (κ3) is 4.16. The third-order valence-corrected chi connectivity index (χ3v) is 6.00. The van der Waals surface area contributed by atoms with Gasteiger partial charge in [0.2, 0.25) is 0 Å². The van der Waals surface area contributed by atoms with Crippen molar-refractivity contribution in [2.75, 3.05) is 26.9 Å². The first-order chi connectivity index (χ1) is 11.8. The van der Waals surface area contributed by atoms with Gasteiger partial charge < -0.3 is 0 Å². The van der Waals surface area contributed by atoms with Crippen LogP contribution in [0.2, 0.25) is 0 Å². The van der Waals surface area contributed by atoms with Gasteiger partial charge in [-0.1, -0.05) is 41.8 Å². The Bertz CT molecular complexity index is 1010. The average Bonchev–Trinajstić information content (AvgIpc) is 2.69. The second kappa shape index (κ2) is 7.09. The SMILES string of the molecule is CN(C)CC#CC1=Cc2ccccc2Sc2ccc(S(C)(=O)=O)cc21. The molecule has 3 nitrogen and oxygen atoms in total. The van der Waals surface area contributed by atoms with Crippen LogP contribution in [-0.4, -0.2) is 40.2 Å². The minimum absolute atomic E-state index is 0.318. The average molecular weight is 370 g/mol. The first-order valence-corrected chi connectivity index (χ1v) is 10.5. The second-order valence-electron chi connectivity index (χ2n) is 6.17. The molecule has 0 bridgehead atoms. The number of sulfone groups is 1. The zero-order chi connectivity index (χ0) is 18.0. The van der Waals surface area contributed by atoms with E-state index >= 15 is 0 Å². The molecule has 25 heavy (non-hydrogen) atoms. The lowest BCUT2D eigenvalue weighted by molar-refractivity contribution is 0.464. The molecule has 0 atom stereocenters. The number of nitrogens with zero attached hydrogens (tertiary/aromatic N) is 1. The monoisotopic (exact) mass is 369 g/mol. The van der Waals surface area contributed by atoms with Crippen LogP contribution < -0.4 is 0 Å². The predicted molar refractivity (Wildman–Crippen MR) is 104 cm³/mol. The van der Waals surface area contributed by atoms with Crippen LogP contribution in [0.4, 0.5) is 0 Å². The van der Waals surface area contributed by atoms with Crippen molar-refractivity contribution in [2.45, 2.75) is 14.7 Å². The number of hydrogen-bond acceptors (Lipinski definition) is 4. The second-order valence-corrected chi connectivity index (χ2v) is 9.27. The molecule has 1 aliphatic heterocycles. The van der Waals surface area contributed by atoms with Crippen LogP contribution in [0.5, 0.6) is 0 Å². The summed E-state index contributed by atoms with van der Waals surface area (Å²) >= 11 is 1.64. The van der Waals surface area contributed by atoms with E-state index in [9.17, 15) is 8.42 Å². The molecule has 0 aromatic heterocycles. The van der Waals surface area contributed by atoms with Crippen LogP contribution in [-0.2, 0) is 9.84 Å². The molecule has 0 aliphatic carbocycles.